The molecule has 0 unspecified atom stereocenters. The molecule has 2 rings (SSSR count). The Balaban J connectivity index is 2.30. The molecule has 0 saturated carbocycles. The van der Waals surface area contributed by atoms with Crippen LogP contribution in [0.4, 0.5) is 0 Å². The number of nitrogens with one attached hydrogen (secondary N) is 1. The van der Waals surface area contributed by atoms with E-state index in [0.29, 0.717) is 6.54 Å². The van der Waals surface area contributed by atoms with Crippen molar-refractivity contribution < 1.29 is 0 Å². The third kappa shape index (κ3) is 2.07. The first kappa shape index (κ1) is 10.7. The van der Waals surface area contributed by atoms with Crippen LogP contribution in [-0.2, 0) is 13.1 Å². The molecule has 0 bridgehead atoms. The van der Waals surface area contributed by atoms with Crippen molar-refractivity contribution >= 4 is 10.9 Å². The molecular formula is C13H15N3. The van der Waals surface area contributed by atoms with E-state index in [9.17, 15) is 0 Å². The summed E-state index contributed by atoms with van der Waals surface area (Å²) in [5.41, 5.74) is 2.41. The molecule has 82 valence electrons. The highest BCUT2D eigenvalue weighted by Crippen LogP contribution is 2.17. The van der Waals surface area contributed by atoms with Crippen molar-refractivity contribution in [2.75, 3.05) is 6.54 Å². The molecule has 0 radical (unpaired) electrons. The fraction of sp³-hybridized carbons (Fsp3) is 0.308. The van der Waals surface area contributed by atoms with Crippen molar-refractivity contribution in [2.24, 2.45) is 0 Å². The van der Waals surface area contributed by atoms with Crippen LogP contribution in [0.25, 0.3) is 10.9 Å². The first-order valence-corrected chi connectivity index (χ1v) is 5.50. The molecule has 1 aromatic heterocycles. The van der Waals surface area contributed by atoms with Crippen LogP contribution in [0.5, 0.6) is 0 Å². The maximum Gasteiger partial charge on any atom is 0.110 e. The first-order valence-electron chi connectivity index (χ1n) is 5.50. The number of benzene rings is 1. The van der Waals surface area contributed by atoms with Gasteiger partial charge in [-0.1, -0.05) is 13.0 Å². The largest absolute Gasteiger partial charge is 0.334 e. The van der Waals surface area contributed by atoms with Gasteiger partial charge in [-0.25, -0.2) is 0 Å². The summed E-state index contributed by atoms with van der Waals surface area (Å²) in [6.07, 6.45) is 1.96. The summed E-state index contributed by atoms with van der Waals surface area (Å²) in [7, 11) is 0. The highest BCUT2D eigenvalue weighted by molar-refractivity contribution is 5.80. The molecular weight excluding hydrogens is 198 g/mol. The quantitative estimate of drug-likeness (QED) is 0.846. The zero-order valence-corrected chi connectivity index (χ0v) is 9.40. The van der Waals surface area contributed by atoms with Crippen molar-refractivity contribution in [3.05, 3.63) is 36.0 Å². The Morgan fingerprint density at radius 2 is 2.25 bits per heavy atom. The lowest BCUT2D eigenvalue weighted by Gasteiger charge is -2.03. The first-order chi connectivity index (χ1) is 7.85. The molecule has 0 atom stereocenters. The van der Waals surface area contributed by atoms with Crippen LogP contribution in [0.15, 0.2) is 30.5 Å². The molecule has 3 heteroatoms. The Hall–Kier alpha value is -1.79. The summed E-state index contributed by atoms with van der Waals surface area (Å²) < 4.78 is 1.96. The van der Waals surface area contributed by atoms with E-state index in [1.165, 1.54) is 10.9 Å². The Morgan fingerprint density at radius 3 is 3.00 bits per heavy atom. The van der Waals surface area contributed by atoms with Gasteiger partial charge in [-0.2, -0.15) is 5.26 Å². The monoisotopic (exact) mass is 213 g/mol. The molecule has 0 spiro atoms. The van der Waals surface area contributed by atoms with Crippen LogP contribution in [0.3, 0.4) is 0 Å². The van der Waals surface area contributed by atoms with Gasteiger partial charge in [-0.05, 0) is 35.7 Å². The van der Waals surface area contributed by atoms with E-state index in [-0.39, 0.29) is 0 Å². The Bertz CT molecular complexity index is 519. The second kappa shape index (κ2) is 4.82. The zero-order valence-electron chi connectivity index (χ0n) is 9.40. The fourth-order valence-electron chi connectivity index (χ4n) is 1.84. The average molecular weight is 213 g/mol. The number of fused-ring (bicyclic) bond motifs is 1. The van der Waals surface area contributed by atoms with E-state index in [1.807, 2.05) is 10.8 Å². The van der Waals surface area contributed by atoms with Gasteiger partial charge in [0.2, 0.25) is 0 Å². The number of nitriles is 1. The Kier molecular flexibility index (Phi) is 3.23. The molecule has 2 aromatic rings. The molecule has 1 heterocycles. The normalized spacial score (nSPS) is 10.5. The minimum atomic E-state index is 0.413. The minimum absolute atomic E-state index is 0.413. The summed E-state index contributed by atoms with van der Waals surface area (Å²) in [5, 5.41) is 13.2. The molecule has 0 aliphatic carbocycles. The van der Waals surface area contributed by atoms with E-state index in [2.05, 4.69) is 42.6 Å². The Labute approximate surface area is 95.3 Å². The van der Waals surface area contributed by atoms with Gasteiger partial charge in [0.05, 0.1) is 6.07 Å². The summed E-state index contributed by atoms with van der Waals surface area (Å²) in [4.78, 5) is 0. The lowest BCUT2D eigenvalue weighted by Crippen LogP contribution is -2.11. The number of hydrogen-bond donors (Lipinski definition) is 1. The van der Waals surface area contributed by atoms with E-state index in [1.54, 1.807) is 0 Å². The van der Waals surface area contributed by atoms with Gasteiger partial charge < -0.3 is 9.88 Å². The maximum atomic E-state index is 8.69. The van der Waals surface area contributed by atoms with Crippen molar-refractivity contribution in [2.45, 2.75) is 20.0 Å². The molecule has 0 aliphatic rings. The SMILES string of the molecule is CCNCc1ccc2c(ccn2CC#N)c1. The molecule has 1 aromatic carbocycles. The minimum Gasteiger partial charge on any atom is -0.334 e. The molecule has 0 amide bonds. The second-order valence-electron chi connectivity index (χ2n) is 3.78. The summed E-state index contributed by atoms with van der Waals surface area (Å²) in [5.74, 6) is 0. The number of hydrogen-bond acceptors (Lipinski definition) is 2. The lowest BCUT2D eigenvalue weighted by atomic mass is 10.1. The van der Waals surface area contributed by atoms with Crippen LogP contribution < -0.4 is 5.32 Å². The van der Waals surface area contributed by atoms with Crippen LogP contribution in [0.2, 0.25) is 0 Å². The van der Waals surface area contributed by atoms with Gasteiger partial charge in [-0.15, -0.1) is 0 Å². The predicted octanol–water partition coefficient (Wildman–Crippen LogP) is 2.27. The van der Waals surface area contributed by atoms with Crippen LogP contribution in [-0.4, -0.2) is 11.1 Å². The predicted molar refractivity (Wildman–Crippen MR) is 64.9 cm³/mol. The molecule has 3 nitrogen and oxygen atoms in total. The molecule has 0 fully saturated rings. The van der Waals surface area contributed by atoms with Gasteiger partial charge in [0.1, 0.15) is 6.54 Å². The summed E-state index contributed by atoms with van der Waals surface area (Å²) in [6, 6.07) is 10.6. The molecule has 0 aliphatic heterocycles. The fourth-order valence-corrected chi connectivity index (χ4v) is 1.84. The van der Waals surface area contributed by atoms with E-state index < -0.39 is 0 Å². The van der Waals surface area contributed by atoms with Crippen LogP contribution >= 0.6 is 0 Å². The Morgan fingerprint density at radius 1 is 1.38 bits per heavy atom. The highest BCUT2D eigenvalue weighted by atomic mass is 14.9. The van der Waals surface area contributed by atoms with Crippen molar-refractivity contribution in [1.82, 2.24) is 9.88 Å². The molecule has 0 saturated heterocycles. The van der Waals surface area contributed by atoms with Gasteiger partial charge in [0, 0.05) is 18.3 Å². The average Bonchev–Trinajstić information content (AvgIpc) is 2.70. The third-order valence-corrected chi connectivity index (χ3v) is 2.66. The smallest absolute Gasteiger partial charge is 0.110 e. The van der Waals surface area contributed by atoms with Crippen molar-refractivity contribution in [1.29, 1.82) is 5.26 Å². The molecule has 1 N–H and O–H groups in total. The summed E-state index contributed by atoms with van der Waals surface area (Å²) >= 11 is 0. The number of nitrogens with zero attached hydrogens (tertiary/aromatic N) is 2. The second-order valence-corrected chi connectivity index (χ2v) is 3.78. The van der Waals surface area contributed by atoms with E-state index >= 15 is 0 Å². The highest BCUT2D eigenvalue weighted by Gasteiger charge is 2.01. The van der Waals surface area contributed by atoms with Gasteiger partial charge in [0.25, 0.3) is 0 Å². The maximum absolute atomic E-state index is 8.69. The number of aromatic nitrogens is 1. The van der Waals surface area contributed by atoms with E-state index in [4.69, 9.17) is 5.26 Å². The van der Waals surface area contributed by atoms with Gasteiger partial charge in [0.15, 0.2) is 0 Å². The van der Waals surface area contributed by atoms with Crippen LogP contribution in [0, 0.1) is 11.3 Å². The van der Waals surface area contributed by atoms with Gasteiger partial charge >= 0.3 is 0 Å². The summed E-state index contributed by atoms with van der Waals surface area (Å²) in [6.45, 7) is 4.39. The van der Waals surface area contributed by atoms with Crippen molar-refractivity contribution in [3.63, 3.8) is 0 Å². The lowest BCUT2D eigenvalue weighted by molar-refractivity contribution is 0.727. The van der Waals surface area contributed by atoms with Crippen LogP contribution in [0.1, 0.15) is 12.5 Å². The van der Waals surface area contributed by atoms with Gasteiger partial charge in [-0.3, -0.25) is 0 Å². The van der Waals surface area contributed by atoms with Crippen molar-refractivity contribution in [3.8, 4) is 6.07 Å². The number of rotatable bonds is 4. The molecule has 16 heavy (non-hydrogen) atoms. The standard InChI is InChI=1S/C13H15N3/c1-2-15-10-11-3-4-13-12(9-11)5-7-16(13)8-6-14/h3-5,7,9,15H,2,8,10H2,1H3. The topological polar surface area (TPSA) is 40.8 Å². The zero-order chi connectivity index (χ0) is 11.4. The van der Waals surface area contributed by atoms with E-state index in [0.717, 1.165) is 18.6 Å². The third-order valence-electron chi connectivity index (χ3n) is 2.66.